The Morgan fingerprint density at radius 1 is 1.03 bits per heavy atom. The van der Waals surface area contributed by atoms with Gasteiger partial charge in [0.25, 0.3) is 0 Å². The Labute approximate surface area is 169 Å². The van der Waals surface area contributed by atoms with E-state index in [1.165, 1.54) is 0 Å². The molecule has 3 N–H and O–H groups in total. The highest BCUT2D eigenvalue weighted by Crippen LogP contribution is 2.31. The van der Waals surface area contributed by atoms with Gasteiger partial charge >= 0.3 is 23.9 Å². The van der Waals surface area contributed by atoms with Crippen molar-refractivity contribution in [1.82, 2.24) is 5.32 Å². The Bertz CT molecular complexity index is 668. The molecule has 29 heavy (non-hydrogen) atoms. The van der Waals surface area contributed by atoms with Crippen molar-refractivity contribution in [3.63, 3.8) is 0 Å². The number of nitrogens with one attached hydrogen (secondary N) is 1. The van der Waals surface area contributed by atoms with E-state index in [4.69, 9.17) is 19.9 Å². The molecule has 1 heterocycles. The number of hydrogen-bond donors (Lipinski definition) is 2. The minimum absolute atomic E-state index is 0.103. The van der Waals surface area contributed by atoms with E-state index in [2.05, 4.69) is 5.32 Å². The van der Waals surface area contributed by atoms with E-state index in [1.54, 1.807) is 34.6 Å². The Morgan fingerprint density at radius 3 is 2.10 bits per heavy atom. The fraction of sp³-hybridized carbons (Fsp3) is 0.737. The molecular weight excluding hydrogens is 384 g/mol. The molecule has 4 atom stereocenters. The van der Waals surface area contributed by atoms with E-state index in [1.807, 2.05) is 0 Å². The van der Waals surface area contributed by atoms with Crippen LogP contribution in [0.1, 0.15) is 47.5 Å². The third kappa shape index (κ3) is 6.90. The summed E-state index contributed by atoms with van der Waals surface area (Å²) in [7, 11) is 1.15. The zero-order valence-electron chi connectivity index (χ0n) is 17.6. The highest BCUT2D eigenvalue weighted by atomic mass is 16.6. The van der Waals surface area contributed by atoms with Crippen molar-refractivity contribution in [2.24, 2.45) is 23.0 Å². The summed E-state index contributed by atoms with van der Waals surface area (Å²) in [4.78, 5) is 61.8. The van der Waals surface area contributed by atoms with Crippen molar-refractivity contribution in [2.75, 3.05) is 7.11 Å². The normalized spacial score (nSPS) is 28.5. The monoisotopic (exact) mass is 414 g/mol. The van der Waals surface area contributed by atoms with Crippen LogP contribution in [-0.4, -0.2) is 55.1 Å². The largest absolute Gasteiger partial charge is 0.393 e. The molecule has 1 aliphatic rings. The molecule has 0 aromatic rings. The quantitative estimate of drug-likeness (QED) is 0.472. The van der Waals surface area contributed by atoms with Crippen LogP contribution < -0.4 is 11.1 Å². The summed E-state index contributed by atoms with van der Waals surface area (Å²) in [6.07, 6.45) is -2.16. The third-order valence-corrected chi connectivity index (χ3v) is 4.69. The lowest BCUT2D eigenvalue weighted by Crippen LogP contribution is -2.53. The van der Waals surface area contributed by atoms with Crippen molar-refractivity contribution in [3.05, 3.63) is 0 Å². The van der Waals surface area contributed by atoms with Gasteiger partial charge in [0.1, 0.15) is 6.04 Å². The van der Waals surface area contributed by atoms with Gasteiger partial charge < -0.3 is 25.3 Å². The molecule has 0 radical (unpaired) electrons. The van der Waals surface area contributed by atoms with Gasteiger partial charge in [-0.2, -0.15) is 0 Å². The molecular formula is C19H30N2O8. The van der Waals surface area contributed by atoms with Gasteiger partial charge in [-0.3, -0.25) is 14.4 Å². The topological polar surface area (TPSA) is 151 Å². The number of hydrogen-bond acceptors (Lipinski definition) is 9. The van der Waals surface area contributed by atoms with Crippen LogP contribution in [0.4, 0.5) is 0 Å². The molecule has 0 aromatic carbocycles. The van der Waals surface area contributed by atoms with Gasteiger partial charge in [0, 0.05) is 7.11 Å². The number of ether oxygens (including phenoxy) is 3. The number of methoxy groups -OCH3 is 1. The van der Waals surface area contributed by atoms with Crippen molar-refractivity contribution < 1.29 is 38.2 Å². The second-order valence-electron chi connectivity index (χ2n) is 8.45. The van der Waals surface area contributed by atoms with Crippen molar-refractivity contribution >= 4 is 29.8 Å². The maximum absolute atomic E-state index is 12.6. The maximum Gasteiger partial charge on any atom is 0.343 e. The van der Waals surface area contributed by atoms with E-state index < -0.39 is 71.6 Å². The average Bonchev–Trinajstić information content (AvgIpc) is 2.58. The number of nitrogens with two attached hydrogens (primary N) is 1. The summed E-state index contributed by atoms with van der Waals surface area (Å²) in [5.74, 6) is -5.99. The number of cyclic esters (lactones) is 4. The molecule has 1 saturated heterocycles. The zero-order chi connectivity index (χ0) is 22.5. The van der Waals surface area contributed by atoms with Crippen LogP contribution >= 0.6 is 0 Å². The second-order valence-corrected chi connectivity index (χ2v) is 8.45. The number of esters is 4. The van der Waals surface area contributed by atoms with Crippen LogP contribution in [0.15, 0.2) is 0 Å². The molecule has 0 saturated carbocycles. The molecule has 2 unspecified atom stereocenters. The van der Waals surface area contributed by atoms with Gasteiger partial charge in [-0.15, -0.1) is 0 Å². The predicted molar refractivity (Wildman–Crippen MR) is 99.9 cm³/mol. The lowest BCUT2D eigenvalue weighted by Gasteiger charge is -2.31. The van der Waals surface area contributed by atoms with Crippen LogP contribution in [0.5, 0.6) is 0 Å². The average molecular weight is 414 g/mol. The zero-order valence-corrected chi connectivity index (χ0v) is 17.6. The van der Waals surface area contributed by atoms with E-state index in [0.29, 0.717) is 0 Å². The molecule has 0 aromatic heterocycles. The van der Waals surface area contributed by atoms with Gasteiger partial charge in [0.2, 0.25) is 5.91 Å². The summed E-state index contributed by atoms with van der Waals surface area (Å²) in [5, 5.41) is 2.47. The number of amides is 1. The smallest absolute Gasteiger partial charge is 0.343 e. The number of carbonyl (C=O) groups excluding carboxylic acids is 5. The molecule has 10 nitrogen and oxygen atoms in total. The fourth-order valence-corrected chi connectivity index (χ4v) is 2.79. The van der Waals surface area contributed by atoms with Gasteiger partial charge in [0.15, 0.2) is 6.10 Å². The van der Waals surface area contributed by atoms with Gasteiger partial charge in [0.05, 0.1) is 18.4 Å². The Balaban J connectivity index is 3.29. The van der Waals surface area contributed by atoms with Crippen LogP contribution in [-0.2, 0) is 38.2 Å². The van der Waals surface area contributed by atoms with Crippen LogP contribution in [0, 0.1) is 17.3 Å². The first kappa shape index (κ1) is 24.7. The molecule has 0 spiro atoms. The minimum Gasteiger partial charge on any atom is -0.393 e. The first-order valence-electron chi connectivity index (χ1n) is 9.36. The van der Waals surface area contributed by atoms with Crippen molar-refractivity contribution in [2.45, 2.75) is 65.6 Å². The molecule has 0 bridgehead atoms. The highest BCUT2D eigenvalue weighted by Gasteiger charge is 2.39. The van der Waals surface area contributed by atoms with Gasteiger partial charge in [-0.05, 0) is 17.8 Å². The second kappa shape index (κ2) is 9.93. The first-order valence-corrected chi connectivity index (χ1v) is 9.36. The summed E-state index contributed by atoms with van der Waals surface area (Å²) in [6.45, 7) is 8.53. The van der Waals surface area contributed by atoms with Gasteiger partial charge in [-0.25, -0.2) is 9.59 Å². The number of rotatable bonds is 2. The summed E-state index contributed by atoms with van der Waals surface area (Å²) in [5.41, 5.74) is 5.28. The SMILES string of the molecule is COC1CC(=O)OC(=O)C(C(C)(C)C)C[C@H](N)C(=O)N[C@@H](C(C)C)C(=O)OC1=O. The Morgan fingerprint density at radius 2 is 1.62 bits per heavy atom. The Kier molecular flexibility index (Phi) is 8.46. The van der Waals surface area contributed by atoms with E-state index in [-0.39, 0.29) is 6.42 Å². The molecule has 1 rings (SSSR count). The first-order chi connectivity index (χ1) is 13.3. The molecule has 1 amide bonds. The van der Waals surface area contributed by atoms with Crippen LogP contribution in [0.25, 0.3) is 0 Å². The summed E-state index contributed by atoms with van der Waals surface area (Å²) >= 11 is 0. The highest BCUT2D eigenvalue weighted by molar-refractivity contribution is 5.96. The Hall–Kier alpha value is -2.33. The predicted octanol–water partition coefficient (Wildman–Crippen LogP) is 0.0652. The lowest BCUT2D eigenvalue weighted by molar-refractivity contribution is -0.176. The molecule has 1 fully saturated rings. The molecule has 0 aliphatic carbocycles. The van der Waals surface area contributed by atoms with E-state index in [0.717, 1.165) is 7.11 Å². The summed E-state index contributed by atoms with van der Waals surface area (Å²) < 4.78 is 14.5. The van der Waals surface area contributed by atoms with Crippen LogP contribution in [0.2, 0.25) is 0 Å². The summed E-state index contributed by atoms with van der Waals surface area (Å²) in [6, 6.07) is -2.30. The minimum atomic E-state index is -1.44. The molecule has 10 heteroatoms. The van der Waals surface area contributed by atoms with Crippen molar-refractivity contribution in [3.8, 4) is 0 Å². The molecule has 164 valence electrons. The number of carbonyl (C=O) groups is 5. The fourth-order valence-electron chi connectivity index (χ4n) is 2.79. The third-order valence-electron chi connectivity index (χ3n) is 4.69. The lowest BCUT2D eigenvalue weighted by atomic mass is 9.77. The van der Waals surface area contributed by atoms with Crippen LogP contribution in [0.3, 0.4) is 0 Å². The van der Waals surface area contributed by atoms with Gasteiger partial charge in [-0.1, -0.05) is 34.6 Å². The standard InChI is InChI=1S/C19H30N2O8/c1-9(2)14-18(26)29-17(25)12(27-6)8-13(22)28-16(24)10(19(3,4)5)7-11(20)15(23)21-14/h9-12,14H,7-8,20H2,1-6H3,(H,21,23)/t10?,11-,12?,14-/m0/s1. The molecule has 1 aliphatic heterocycles. The maximum atomic E-state index is 12.6. The van der Waals surface area contributed by atoms with E-state index >= 15 is 0 Å². The van der Waals surface area contributed by atoms with E-state index in [9.17, 15) is 24.0 Å². The van der Waals surface area contributed by atoms with Crippen molar-refractivity contribution in [1.29, 1.82) is 0 Å².